The van der Waals surface area contributed by atoms with Gasteiger partial charge in [0, 0.05) is 29.5 Å². The van der Waals surface area contributed by atoms with Crippen LogP contribution < -0.4 is 20.2 Å². The van der Waals surface area contributed by atoms with Gasteiger partial charge in [0.25, 0.3) is 17.2 Å². The van der Waals surface area contributed by atoms with Crippen molar-refractivity contribution in [2.75, 3.05) is 5.32 Å². The van der Waals surface area contributed by atoms with Crippen LogP contribution in [0.3, 0.4) is 0 Å². The lowest BCUT2D eigenvalue weighted by molar-refractivity contribution is -0.384. The van der Waals surface area contributed by atoms with Crippen molar-refractivity contribution in [2.24, 2.45) is 4.99 Å². The van der Waals surface area contributed by atoms with E-state index in [0.29, 0.717) is 49.3 Å². The van der Waals surface area contributed by atoms with Gasteiger partial charge in [0.2, 0.25) is 0 Å². The molecule has 1 aliphatic rings. The third-order valence-electron chi connectivity index (χ3n) is 7.46. The normalized spacial score (nSPS) is 14.8. The highest BCUT2D eigenvalue weighted by Gasteiger charge is 2.32. The maximum absolute atomic E-state index is 14.0. The molecule has 3 aromatic carbocycles. The van der Waals surface area contributed by atoms with E-state index in [2.05, 4.69) is 19.2 Å². The molecule has 1 amide bonds. The third-order valence-corrected chi connectivity index (χ3v) is 8.44. The van der Waals surface area contributed by atoms with Crippen molar-refractivity contribution in [1.29, 1.82) is 0 Å². The first-order valence-corrected chi connectivity index (χ1v) is 14.8. The van der Waals surface area contributed by atoms with E-state index < -0.39 is 11.0 Å². The highest BCUT2D eigenvalue weighted by Crippen LogP contribution is 2.32. The number of thiazole rings is 1. The van der Waals surface area contributed by atoms with Crippen molar-refractivity contribution in [1.82, 2.24) is 4.57 Å². The van der Waals surface area contributed by atoms with Crippen molar-refractivity contribution in [3.63, 3.8) is 0 Å². The molecule has 0 fully saturated rings. The van der Waals surface area contributed by atoms with Gasteiger partial charge in [0.15, 0.2) is 4.80 Å². The van der Waals surface area contributed by atoms with Gasteiger partial charge in [-0.2, -0.15) is 0 Å². The van der Waals surface area contributed by atoms with Crippen molar-refractivity contribution in [3.8, 4) is 11.3 Å². The van der Waals surface area contributed by atoms with E-state index in [-0.39, 0.29) is 17.2 Å². The molecule has 10 heteroatoms. The summed E-state index contributed by atoms with van der Waals surface area (Å²) in [6.45, 7) is 6.00. The molecule has 0 aliphatic carbocycles. The number of amides is 1. The van der Waals surface area contributed by atoms with Gasteiger partial charge in [0.05, 0.1) is 26.8 Å². The number of rotatable bonds is 7. The number of hydrogen-bond donors (Lipinski definition) is 1. The lowest BCUT2D eigenvalue weighted by Crippen LogP contribution is -2.40. The second kappa shape index (κ2) is 11.7. The van der Waals surface area contributed by atoms with Gasteiger partial charge in [-0.1, -0.05) is 79.8 Å². The predicted molar refractivity (Wildman–Crippen MR) is 170 cm³/mol. The number of aromatic nitrogens is 1. The van der Waals surface area contributed by atoms with E-state index in [4.69, 9.17) is 9.41 Å². The Kier molecular flexibility index (Phi) is 7.67. The van der Waals surface area contributed by atoms with E-state index in [1.165, 1.54) is 23.5 Å². The number of hydrogen-bond acceptors (Lipinski definition) is 7. The van der Waals surface area contributed by atoms with E-state index in [1.807, 2.05) is 42.5 Å². The first kappa shape index (κ1) is 28.8. The summed E-state index contributed by atoms with van der Waals surface area (Å²) < 4.78 is 7.91. The Balaban J connectivity index is 1.44. The molecule has 3 heterocycles. The van der Waals surface area contributed by atoms with Crippen molar-refractivity contribution in [2.45, 2.75) is 32.7 Å². The number of nitro benzene ring substituents is 1. The lowest BCUT2D eigenvalue weighted by atomic mass is 9.93. The zero-order chi connectivity index (χ0) is 31.0. The highest BCUT2D eigenvalue weighted by molar-refractivity contribution is 7.07. The average Bonchev–Trinajstić information content (AvgIpc) is 3.61. The van der Waals surface area contributed by atoms with Crippen LogP contribution in [-0.4, -0.2) is 15.4 Å². The van der Waals surface area contributed by atoms with Crippen molar-refractivity contribution >= 4 is 34.7 Å². The van der Waals surface area contributed by atoms with Gasteiger partial charge in [-0.3, -0.25) is 24.3 Å². The summed E-state index contributed by atoms with van der Waals surface area (Å²) in [5.41, 5.74) is 3.69. The molecular formula is C34H28N4O5S. The van der Waals surface area contributed by atoms with Gasteiger partial charge >= 0.3 is 0 Å². The van der Waals surface area contributed by atoms with Crippen LogP contribution in [0, 0.1) is 10.1 Å². The van der Waals surface area contributed by atoms with Crippen LogP contribution in [0.5, 0.6) is 0 Å². The third kappa shape index (κ3) is 5.55. The average molecular weight is 605 g/mol. The molecule has 6 rings (SSSR count). The molecule has 5 aromatic rings. The first-order chi connectivity index (χ1) is 21.2. The Bertz CT molecular complexity index is 2100. The fraction of sp³-hybridized carbons (Fsp3) is 0.147. The SMILES string of the molecule is CC1=C(C(=O)Nc2ccccc2)C(c2ccc(C(C)C)cc2)n2c(s/c(=C\c3ccc(-c4cccc([N+](=O)[O-])c4)o3)c2=O)=N1. The lowest BCUT2D eigenvalue weighted by Gasteiger charge is -2.25. The van der Waals surface area contributed by atoms with E-state index in [0.717, 1.165) is 11.1 Å². The molecule has 2 aromatic heterocycles. The summed E-state index contributed by atoms with van der Waals surface area (Å²) in [6.07, 6.45) is 1.63. The first-order valence-electron chi connectivity index (χ1n) is 14.0. The fourth-order valence-corrected chi connectivity index (χ4v) is 6.22. The number of allylic oxidation sites excluding steroid dienone is 1. The molecule has 44 heavy (non-hydrogen) atoms. The number of carbonyl (C=O) groups is 1. The molecule has 0 radical (unpaired) electrons. The molecule has 0 saturated heterocycles. The number of fused-ring (bicyclic) bond motifs is 1. The van der Waals surface area contributed by atoms with Gasteiger partial charge in [-0.05, 0) is 48.2 Å². The Morgan fingerprint density at radius 1 is 1.05 bits per heavy atom. The molecule has 9 nitrogen and oxygen atoms in total. The number of anilines is 1. The maximum Gasteiger partial charge on any atom is 0.271 e. The van der Waals surface area contributed by atoms with Crippen LogP contribution in [0.15, 0.2) is 116 Å². The number of nitrogens with zero attached hydrogens (tertiary/aromatic N) is 3. The maximum atomic E-state index is 14.0. The highest BCUT2D eigenvalue weighted by atomic mass is 32.1. The standard InChI is InChI=1S/C34H28N4O5S/c1-20(2)22-12-14-23(15-13-22)31-30(32(39)36-25-9-5-4-6-10-25)21(3)35-34-37(31)33(40)29(44-34)19-27-16-17-28(43-27)24-8-7-11-26(18-24)38(41)42/h4-20,31H,1-3H3,(H,36,39)/b29-19-. The molecular weight excluding hydrogens is 576 g/mol. The van der Waals surface area contributed by atoms with Crippen molar-refractivity contribution in [3.05, 3.63) is 149 Å². The minimum atomic E-state index is -0.699. The fourth-order valence-electron chi connectivity index (χ4n) is 5.20. The van der Waals surface area contributed by atoms with Crippen LogP contribution in [0.25, 0.3) is 17.4 Å². The molecule has 0 bridgehead atoms. The smallest absolute Gasteiger partial charge is 0.271 e. The number of furan rings is 1. The Labute approximate surface area is 256 Å². The van der Waals surface area contributed by atoms with Crippen molar-refractivity contribution < 1.29 is 14.1 Å². The number of para-hydroxylation sites is 1. The molecule has 1 unspecified atom stereocenters. The molecule has 0 saturated carbocycles. The molecule has 1 N–H and O–H groups in total. The predicted octanol–water partition coefficient (Wildman–Crippen LogP) is 6.17. The Hall–Kier alpha value is -5.35. The summed E-state index contributed by atoms with van der Waals surface area (Å²) in [7, 11) is 0. The van der Waals surface area contributed by atoms with Crippen LogP contribution >= 0.6 is 11.3 Å². The zero-order valence-electron chi connectivity index (χ0n) is 24.2. The largest absolute Gasteiger partial charge is 0.457 e. The minimum absolute atomic E-state index is 0.0438. The Morgan fingerprint density at radius 2 is 1.80 bits per heavy atom. The topological polar surface area (TPSA) is 120 Å². The van der Waals surface area contributed by atoms with Gasteiger partial charge in [0.1, 0.15) is 11.5 Å². The number of benzene rings is 3. The van der Waals surface area contributed by atoms with Gasteiger partial charge < -0.3 is 9.73 Å². The molecule has 1 aliphatic heterocycles. The number of nitrogens with one attached hydrogen (secondary N) is 1. The number of carbonyl (C=O) groups excluding carboxylic acids is 1. The van der Waals surface area contributed by atoms with Crippen LogP contribution in [0.2, 0.25) is 0 Å². The summed E-state index contributed by atoms with van der Waals surface area (Å²) in [4.78, 5) is 43.7. The van der Waals surface area contributed by atoms with Crippen LogP contribution in [0.1, 0.15) is 49.6 Å². The second-order valence-corrected chi connectivity index (χ2v) is 11.7. The van der Waals surface area contributed by atoms with Gasteiger partial charge in [-0.15, -0.1) is 0 Å². The summed E-state index contributed by atoms with van der Waals surface area (Å²) in [6, 6.07) is 26.0. The zero-order valence-corrected chi connectivity index (χ0v) is 25.0. The number of nitro groups is 1. The molecule has 1 atom stereocenters. The minimum Gasteiger partial charge on any atom is -0.457 e. The number of non-ortho nitro benzene ring substituents is 1. The van der Waals surface area contributed by atoms with Crippen LogP contribution in [-0.2, 0) is 4.79 Å². The van der Waals surface area contributed by atoms with E-state index >= 15 is 0 Å². The Morgan fingerprint density at radius 3 is 2.50 bits per heavy atom. The monoisotopic (exact) mass is 604 g/mol. The summed E-state index contributed by atoms with van der Waals surface area (Å²) in [5.74, 6) is 0.834. The quantitative estimate of drug-likeness (QED) is 0.176. The summed E-state index contributed by atoms with van der Waals surface area (Å²) >= 11 is 1.21. The molecule has 220 valence electrons. The molecule has 0 spiro atoms. The van der Waals surface area contributed by atoms with E-state index in [1.54, 1.807) is 54.0 Å². The summed E-state index contributed by atoms with van der Waals surface area (Å²) in [5, 5.41) is 14.2. The van der Waals surface area contributed by atoms with E-state index in [9.17, 15) is 19.7 Å². The van der Waals surface area contributed by atoms with Gasteiger partial charge in [-0.25, -0.2) is 4.99 Å². The second-order valence-electron chi connectivity index (χ2n) is 10.7. The van der Waals surface area contributed by atoms with Crippen LogP contribution in [0.4, 0.5) is 11.4 Å².